The van der Waals surface area contributed by atoms with Crippen LogP contribution in [-0.2, 0) is 25.1 Å². The van der Waals surface area contributed by atoms with Gasteiger partial charge in [0.1, 0.15) is 0 Å². The van der Waals surface area contributed by atoms with E-state index >= 15 is 0 Å². The summed E-state index contributed by atoms with van der Waals surface area (Å²) < 4.78 is 25.3. The predicted molar refractivity (Wildman–Crippen MR) is 109 cm³/mol. The van der Waals surface area contributed by atoms with Crippen LogP contribution >= 0.6 is 11.6 Å². The fraction of sp³-hybridized carbons (Fsp3) is 0.350. The molecule has 2 aromatic carbocycles. The van der Waals surface area contributed by atoms with Crippen LogP contribution in [0, 0.1) is 0 Å². The number of anilines is 1. The van der Waals surface area contributed by atoms with E-state index in [-0.39, 0.29) is 10.8 Å². The minimum atomic E-state index is -3.73. The molecule has 0 saturated heterocycles. The molecule has 1 fully saturated rings. The second kappa shape index (κ2) is 8.21. The normalized spacial score (nSPS) is 16.3. The lowest BCUT2D eigenvalue weighted by Gasteiger charge is -2.28. The van der Waals surface area contributed by atoms with Crippen molar-refractivity contribution in [2.24, 2.45) is 0 Å². The first-order valence-corrected chi connectivity index (χ1v) is 10.8. The minimum Gasteiger partial charge on any atom is -0.325 e. The molecule has 1 amide bonds. The first-order chi connectivity index (χ1) is 13.3. The average molecular weight is 423 g/mol. The Balaban J connectivity index is 1.84. The summed E-state index contributed by atoms with van der Waals surface area (Å²) in [5.74, 6) is -0.100. The third-order valence-corrected chi connectivity index (χ3v) is 7.20. The van der Waals surface area contributed by atoms with Crippen LogP contribution in [0.3, 0.4) is 0 Å². The number of hydrogen-bond donors (Lipinski definition) is 1. The van der Waals surface area contributed by atoms with Gasteiger partial charge < -0.3 is 5.32 Å². The Kier molecular flexibility index (Phi) is 6.09. The number of amides is 1. The van der Waals surface area contributed by atoms with E-state index in [1.165, 1.54) is 26.3 Å². The highest BCUT2D eigenvalue weighted by Crippen LogP contribution is 2.42. The van der Waals surface area contributed by atoms with E-state index in [1.54, 1.807) is 18.2 Å². The second-order valence-corrected chi connectivity index (χ2v) is 9.25. The van der Waals surface area contributed by atoms with E-state index in [1.807, 2.05) is 18.2 Å². The van der Waals surface area contributed by atoms with E-state index in [9.17, 15) is 13.2 Å². The zero-order valence-electron chi connectivity index (χ0n) is 15.8. The summed E-state index contributed by atoms with van der Waals surface area (Å²) in [4.78, 5) is 18.0. The summed E-state index contributed by atoms with van der Waals surface area (Å²) in [5, 5.41) is 3.55. The van der Waals surface area contributed by atoms with Gasteiger partial charge in [-0.05, 0) is 54.8 Å². The van der Waals surface area contributed by atoms with Gasteiger partial charge in [0.15, 0.2) is 0 Å². The van der Waals surface area contributed by atoms with Crippen molar-refractivity contribution in [3.05, 3.63) is 59.1 Å². The highest BCUT2D eigenvalue weighted by atomic mass is 35.5. The average Bonchev–Trinajstić information content (AvgIpc) is 3.19. The molecule has 0 heterocycles. The molecule has 0 bridgehead atoms. The Morgan fingerprint density at radius 2 is 1.79 bits per heavy atom. The van der Waals surface area contributed by atoms with Gasteiger partial charge in [-0.3, -0.25) is 9.63 Å². The van der Waals surface area contributed by atoms with Gasteiger partial charge in [0.25, 0.3) is 10.0 Å². The Labute approximate surface area is 170 Å². The molecule has 3 rings (SSSR count). The number of halogens is 1. The van der Waals surface area contributed by atoms with E-state index < -0.39 is 15.4 Å². The zero-order valence-corrected chi connectivity index (χ0v) is 17.4. The molecule has 1 saturated carbocycles. The Morgan fingerprint density at radius 1 is 1.14 bits per heavy atom. The van der Waals surface area contributed by atoms with Gasteiger partial charge in [-0.25, -0.2) is 8.42 Å². The number of benzene rings is 2. The predicted octanol–water partition coefficient (Wildman–Crippen LogP) is 3.97. The number of carbonyl (C=O) groups is 1. The molecule has 6 nitrogen and oxygen atoms in total. The van der Waals surface area contributed by atoms with Crippen molar-refractivity contribution in [2.45, 2.75) is 36.0 Å². The van der Waals surface area contributed by atoms with Crippen molar-refractivity contribution in [1.29, 1.82) is 0 Å². The van der Waals surface area contributed by atoms with Crippen LogP contribution in [0.4, 0.5) is 5.69 Å². The molecule has 1 aliphatic rings. The number of hydrogen-bond acceptors (Lipinski definition) is 4. The summed E-state index contributed by atoms with van der Waals surface area (Å²) in [7, 11) is -1.13. The lowest BCUT2D eigenvalue weighted by molar-refractivity contribution is -0.121. The maximum atomic E-state index is 13.2. The number of carbonyl (C=O) groups excluding carboxylic acids is 1. The van der Waals surface area contributed by atoms with Gasteiger partial charge in [0, 0.05) is 17.8 Å². The van der Waals surface area contributed by atoms with E-state index in [4.69, 9.17) is 16.4 Å². The molecule has 2 aromatic rings. The van der Waals surface area contributed by atoms with Crippen LogP contribution in [-0.4, -0.2) is 33.0 Å². The van der Waals surface area contributed by atoms with Crippen molar-refractivity contribution in [2.75, 3.05) is 19.5 Å². The number of nitrogens with one attached hydrogen (secondary N) is 1. The smallest absolute Gasteiger partial charge is 0.264 e. The SMILES string of the molecule is CON(C)S(=O)(=O)c1ccc(NC(=O)C2(c3cccc(Cl)c3)CCCC2)cc1. The Hall–Kier alpha value is -1.93. The van der Waals surface area contributed by atoms with Crippen molar-refractivity contribution < 1.29 is 18.0 Å². The molecule has 28 heavy (non-hydrogen) atoms. The van der Waals surface area contributed by atoms with Gasteiger partial charge in [-0.1, -0.05) is 41.0 Å². The number of sulfonamides is 1. The van der Waals surface area contributed by atoms with Gasteiger partial charge in [-0.15, -0.1) is 0 Å². The van der Waals surface area contributed by atoms with Crippen molar-refractivity contribution >= 4 is 33.2 Å². The molecular weight excluding hydrogens is 400 g/mol. The van der Waals surface area contributed by atoms with Crippen molar-refractivity contribution in [3.63, 3.8) is 0 Å². The Bertz CT molecular complexity index is 954. The summed E-state index contributed by atoms with van der Waals surface area (Å²) in [6.45, 7) is 0. The molecule has 0 unspecified atom stereocenters. The van der Waals surface area contributed by atoms with Crippen LogP contribution in [0.25, 0.3) is 0 Å². The lowest BCUT2D eigenvalue weighted by atomic mass is 9.78. The van der Waals surface area contributed by atoms with Crippen LogP contribution in [0.15, 0.2) is 53.4 Å². The van der Waals surface area contributed by atoms with Gasteiger partial charge in [0.2, 0.25) is 5.91 Å². The Morgan fingerprint density at radius 3 is 2.36 bits per heavy atom. The van der Waals surface area contributed by atoms with Crippen LogP contribution in [0.1, 0.15) is 31.2 Å². The van der Waals surface area contributed by atoms with Crippen molar-refractivity contribution in [1.82, 2.24) is 4.47 Å². The fourth-order valence-corrected chi connectivity index (χ4v) is 4.78. The minimum absolute atomic E-state index is 0.0836. The third-order valence-electron chi connectivity index (χ3n) is 5.27. The molecule has 0 spiro atoms. The van der Waals surface area contributed by atoms with E-state index in [0.717, 1.165) is 35.7 Å². The molecule has 1 aliphatic carbocycles. The second-order valence-electron chi connectivity index (χ2n) is 6.88. The van der Waals surface area contributed by atoms with Crippen LogP contribution < -0.4 is 5.32 Å². The molecule has 8 heteroatoms. The summed E-state index contributed by atoms with van der Waals surface area (Å²) in [6.07, 6.45) is 3.45. The van der Waals surface area contributed by atoms with Crippen LogP contribution in [0.5, 0.6) is 0 Å². The van der Waals surface area contributed by atoms with Crippen molar-refractivity contribution in [3.8, 4) is 0 Å². The summed E-state index contributed by atoms with van der Waals surface area (Å²) >= 11 is 6.14. The number of rotatable bonds is 6. The van der Waals surface area contributed by atoms with Gasteiger partial charge in [-0.2, -0.15) is 0 Å². The van der Waals surface area contributed by atoms with E-state index in [0.29, 0.717) is 10.7 Å². The molecule has 0 aromatic heterocycles. The fourth-order valence-electron chi connectivity index (χ4n) is 3.62. The molecular formula is C20H23ClN2O4S. The molecule has 0 radical (unpaired) electrons. The standard InChI is InChI=1S/C20H23ClN2O4S/c1-23(27-2)28(25,26)18-10-8-17(9-11-18)22-19(24)20(12-3-4-13-20)15-6-5-7-16(21)14-15/h5-11,14H,3-4,12-13H2,1-2H3,(H,22,24). The highest BCUT2D eigenvalue weighted by molar-refractivity contribution is 7.89. The monoisotopic (exact) mass is 422 g/mol. The van der Waals surface area contributed by atoms with E-state index in [2.05, 4.69) is 5.32 Å². The maximum absolute atomic E-state index is 13.2. The largest absolute Gasteiger partial charge is 0.325 e. The number of hydroxylamine groups is 1. The molecule has 0 atom stereocenters. The zero-order chi connectivity index (χ0) is 20.4. The lowest BCUT2D eigenvalue weighted by Crippen LogP contribution is -2.38. The summed E-state index contributed by atoms with van der Waals surface area (Å²) in [5.41, 5.74) is 0.833. The maximum Gasteiger partial charge on any atom is 0.264 e. The topological polar surface area (TPSA) is 75.7 Å². The van der Waals surface area contributed by atoms with Gasteiger partial charge >= 0.3 is 0 Å². The number of nitrogens with zero attached hydrogens (tertiary/aromatic N) is 1. The van der Waals surface area contributed by atoms with Gasteiger partial charge in [0.05, 0.1) is 17.4 Å². The first kappa shape index (κ1) is 20.8. The quantitative estimate of drug-likeness (QED) is 0.714. The third kappa shape index (κ3) is 3.93. The van der Waals surface area contributed by atoms with Crippen LogP contribution in [0.2, 0.25) is 5.02 Å². The first-order valence-electron chi connectivity index (χ1n) is 9.00. The summed E-state index contributed by atoms with van der Waals surface area (Å²) in [6, 6.07) is 13.5. The highest BCUT2D eigenvalue weighted by Gasteiger charge is 2.42. The molecule has 1 N–H and O–H groups in total. The molecule has 150 valence electrons. The molecule has 0 aliphatic heterocycles.